The summed E-state index contributed by atoms with van der Waals surface area (Å²) in [6, 6.07) is 11.7. The Morgan fingerprint density at radius 1 is 1.10 bits per heavy atom. The largest absolute Gasteiger partial charge is 0.488 e. The van der Waals surface area contributed by atoms with E-state index in [1.54, 1.807) is 17.8 Å². The maximum Gasteiger partial charge on any atom is 0.488 e. The molecule has 0 atom stereocenters. The predicted octanol–water partition coefficient (Wildman–Crippen LogP) is 2.59. The molecule has 6 heteroatoms. The van der Waals surface area contributed by atoms with Crippen molar-refractivity contribution < 1.29 is 14.4 Å². The van der Waals surface area contributed by atoms with Crippen molar-refractivity contribution >= 4 is 35.9 Å². The minimum absolute atomic E-state index is 0.165. The van der Waals surface area contributed by atoms with E-state index in [0.29, 0.717) is 22.1 Å². The van der Waals surface area contributed by atoms with E-state index >= 15 is 0 Å². The van der Waals surface area contributed by atoms with Gasteiger partial charge < -0.3 is 10.0 Å². The Balaban J connectivity index is 1.99. The SMILES string of the molecule is OB(O)c1cc(F)cc(CSCc2ccccc2Cl)c1. The van der Waals surface area contributed by atoms with Crippen molar-refractivity contribution in [2.24, 2.45) is 0 Å². The number of thioether (sulfide) groups is 1. The van der Waals surface area contributed by atoms with E-state index in [2.05, 4.69) is 0 Å². The summed E-state index contributed by atoms with van der Waals surface area (Å²) in [4.78, 5) is 0. The third kappa shape index (κ3) is 4.25. The lowest BCUT2D eigenvalue weighted by atomic mass is 9.79. The van der Waals surface area contributed by atoms with Crippen molar-refractivity contribution in [3.05, 3.63) is 64.4 Å². The number of benzene rings is 2. The van der Waals surface area contributed by atoms with Gasteiger partial charge in [-0.25, -0.2) is 4.39 Å². The quantitative estimate of drug-likeness (QED) is 0.834. The molecule has 0 aliphatic rings. The summed E-state index contributed by atoms with van der Waals surface area (Å²) in [6.07, 6.45) is 0. The van der Waals surface area contributed by atoms with Gasteiger partial charge in [0.25, 0.3) is 0 Å². The third-order valence-corrected chi connectivity index (χ3v) is 4.18. The number of hydrogen-bond acceptors (Lipinski definition) is 3. The first kappa shape index (κ1) is 15.4. The van der Waals surface area contributed by atoms with Crippen LogP contribution in [-0.4, -0.2) is 17.2 Å². The lowest BCUT2D eigenvalue weighted by Crippen LogP contribution is -2.30. The second-order valence-electron chi connectivity index (χ2n) is 4.35. The summed E-state index contributed by atoms with van der Waals surface area (Å²) in [7, 11) is -1.65. The van der Waals surface area contributed by atoms with Crippen molar-refractivity contribution in [1.82, 2.24) is 0 Å². The Kier molecular flexibility index (Phi) is 5.49. The average molecular weight is 311 g/mol. The van der Waals surface area contributed by atoms with Crippen molar-refractivity contribution in [3.63, 3.8) is 0 Å². The fraction of sp³-hybridized carbons (Fsp3) is 0.143. The molecule has 0 aromatic heterocycles. The second-order valence-corrected chi connectivity index (χ2v) is 5.74. The number of hydrogen-bond donors (Lipinski definition) is 2. The summed E-state index contributed by atoms with van der Waals surface area (Å²) in [5.41, 5.74) is 1.90. The molecule has 0 aliphatic carbocycles. The molecule has 0 unspecified atom stereocenters. The van der Waals surface area contributed by atoms with Crippen LogP contribution in [0.2, 0.25) is 5.02 Å². The first-order valence-corrected chi connectivity index (χ1v) is 7.56. The Morgan fingerprint density at radius 2 is 1.85 bits per heavy atom. The highest BCUT2D eigenvalue weighted by Gasteiger charge is 2.13. The molecule has 2 nitrogen and oxygen atoms in total. The zero-order valence-corrected chi connectivity index (χ0v) is 12.2. The van der Waals surface area contributed by atoms with Crippen LogP contribution in [0.1, 0.15) is 11.1 Å². The van der Waals surface area contributed by atoms with Gasteiger partial charge >= 0.3 is 7.12 Å². The Hall–Kier alpha value is -1.01. The van der Waals surface area contributed by atoms with Crippen molar-refractivity contribution in [2.45, 2.75) is 11.5 Å². The zero-order chi connectivity index (χ0) is 14.5. The molecular formula is C14H13BClFO2S. The van der Waals surface area contributed by atoms with Gasteiger partial charge in [-0.15, -0.1) is 0 Å². The summed E-state index contributed by atoms with van der Waals surface area (Å²) in [6.45, 7) is 0. The van der Waals surface area contributed by atoms with E-state index in [0.717, 1.165) is 11.6 Å². The van der Waals surface area contributed by atoms with Crippen LogP contribution in [0.25, 0.3) is 0 Å². The molecular weight excluding hydrogens is 297 g/mol. The molecule has 0 saturated carbocycles. The molecule has 0 heterocycles. The average Bonchev–Trinajstić information content (AvgIpc) is 2.40. The van der Waals surface area contributed by atoms with E-state index in [9.17, 15) is 4.39 Å². The molecule has 2 N–H and O–H groups in total. The Bertz CT molecular complexity index is 595. The van der Waals surface area contributed by atoms with Crippen molar-refractivity contribution in [3.8, 4) is 0 Å². The standard InChI is InChI=1S/C14H13BClFO2S/c16-14-4-2-1-3-11(14)9-20-8-10-5-12(15(18)19)7-13(17)6-10/h1-7,18-19H,8-9H2. The molecule has 104 valence electrons. The maximum absolute atomic E-state index is 13.3. The van der Waals surface area contributed by atoms with Gasteiger partial charge in [-0.05, 0) is 34.8 Å². The van der Waals surface area contributed by atoms with Gasteiger partial charge in [0.15, 0.2) is 0 Å². The topological polar surface area (TPSA) is 40.5 Å². The van der Waals surface area contributed by atoms with Crippen LogP contribution >= 0.6 is 23.4 Å². The Morgan fingerprint density at radius 3 is 2.55 bits per heavy atom. The molecule has 0 spiro atoms. The second kappa shape index (κ2) is 7.13. The van der Waals surface area contributed by atoms with Crippen molar-refractivity contribution in [2.75, 3.05) is 0 Å². The highest BCUT2D eigenvalue weighted by atomic mass is 35.5. The van der Waals surface area contributed by atoms with Crippen LogP contribution in [0, 0.1) is 5.82 Å². The van der Waals surface area contributed by atoms with Gasteiger partial charge in [0.1, 0.15) is 5.82 Å². The highest BCUT2D eigenvalue weighted by Crippen LogP contribution is 2.23. The fourth-order valence-corrected chi connectivity index (χ4v) is 3.06. The van der Waals surface area contributed by atoms with Crippen LogP contribution in [0.5, 0.6) is 0 Å². The predicted molar refractivity (Wildman–Crippen MR) is 82.7 cm³/mol. The molecule has 2 aromatic rings. The molecule has 20 heavy (non-hydrogen) atoms. The molecule has 0 radical (unpaired) electrons. The molecule has 0 saturated heterocycles. The number of rotatable bonds is 5. The number of halogens is 2. The first-order valence-electron chi connectivity index (χ1n) is 6.03. The van der Waals surface area contributed by atoms with Gasteiger partial charge in [-0.2, -0.15) is 11.8 Å². The minimum atomic E-state index is -1.65. The normalized spacial score (nSPS) is 10.6. The van der Waals surface area contributed by atoms with E-state index in [-0.39, 0.29) is 5.46 Å². The van der Waals surface area contributed by atoms with E-state index in [1.165, 1.54) is 6.07 Å². The summed E-state index contributed by atoms with van der Waals surface area (Å²) >= 11 is 7.65. The maximum atomic E-state index is 13.3. The van der Waals surface area contributed by atoms with Gasteiger partial charge in [0.05, 0.1) is 0 Å². The van der Waals surface area contributed by atoms with Gasteiger partial charge in [-0.1, -0.05) is 35.9 Å². The van der Waals surface area contributed by atoms with E-state index < -0.39 is 12.9 Å². The summed E-state index contributed by atoms with van der Waals surface area (Å²) < 4.78 is 13.3. The first-order chi connectivity index (χ1) is 9.56. The fourth-order valence-electron chi connectivity index (χ4n) is 1.80. The van der Waals surface area contributed by atoms with Crippen LogP contribution in [0.4, 0.5) is 4.39 Å². The van der Waals surface area contributed by atoms with Gasteiger partial charge in [0, 0.05) is 16.5 Å². The van der Waals surface area contributed by atoms with Gasteiger partial charge in [-0.3, -0.25) is 0 Å². The van der Waals surface area contributed by atoms with Crippen molar-refractivity contribution in [1.29, 1.82) is 0 Å². The van der Waals surface area contributed by atoms with E-state index in [1.807, 2.05) is 24.3 Å². The zero-order valence-electron chi connectivity index (χ0n) is 10.6. The lowest BCUT2D eigenvalue weighted by Gasteiger charge is -2.07. The van der Waals surface area contributed by atoms with Crippen LogP contribution in [-0.2, 0) is 11.5 Å². The lowest BCUT2D eigenvalue weighted by molar-refractivity contribution is 0.425. The molecule has 0 amide bonds. The smallest absolute Gasteiger partial charge is 0.423 e. The monoisotopic (exact) mass is 310 g/mol. The van der Waals surface area contributed by atoms with Gasteiger partial charge in [0.2, 0.25) is 0 Å². The molecule has 0 aliphatic heterocycles. The minimum Gasteiger partial charge on any atom is -0.423 e. The molecule has 2 aromatic carbocycles. The van der Waals surface area contributed by atoms with Crippen LogP contribution in [0.3, 0.4) is 0 Å². The Labute approximate surface area is 126 Å². The van der Waals surface area contributed by atoms with E-state index in [4.69, 9.17) is 21.6 Å². The summed E-state index contributed by atoms with van der Waals surface area (Å²) in [5, 5.41) is 18.9. The van der Waals surface area contributed by atoms with Crippen LogP contribution in [0.15, 0.2) is 42.5 Å². The molecule has 0 bridgehead atoms. The summed E-state index contributed by atoms with van der Waals surface area (Å²) in [5.74, 6) is 0.819. The molecule has 2 rings (SSSR count). The molecule has 0 fully saturated rings. The van der Waals surface area contributed by atoms with Crippen LogP contribution < -0.4 is 5.46 Å². The highest BCUT2D eigenvalue weighted by molar-refractivity contribution is 7.97. The third-order valence-electron chi connectivity index (χ3n) is 2.76.